The summed E-state index contributed by atoms with van der Waals surface area (Å²) < 4.78 is 20.7. The van der Waals surface area contributed by atoms with Gasteiger partial charge in [0.05, 0.1) is 26.4 Å². The van der Waals surface area contributed by atoms with Crippen LogP contribution >= 0.6 is 0 Å². The molecule has 0 aliphatic heterocycles. The molecule has 2 aliphatic carbocycles. The minimum absolute atomic E-state index is 0.0541. The monoisotopic (exact) mass is 1310 g/mol. The van der Waals surface area contributed by atoms with E-state index >= 15 is 0 Å². The predicted molar refractivity (Wildman–Crippen MR) is 401 cm³/mol. The molecule has 10 nitrogen and oxygen atoms in total. The standard InChI is InChI=1S/C46H53NO4.C42H45NO4/c1-5-8-9-10-11-14-31-46(4)42-20-13-12-19-40(42)41-30-29-39(34-43(41)46)47(37-25-21-35(22-26-37)17-15-32-50-44(48)6-2)38-27-23-36(24-28-38)18-16-33-51-45(49)7-3;1-5-8-27-42(4)38-16-10-9-15-36(38)37-26-25-35(30-39(37)42)43(33-21-17-31(18-22-33)13-11-28-46-40(44)6-2)34-23-19-32(20-24-34)14-12-29-47-41(45)7-3/h6-7,12-13,19-30,34H,2-3,5,8-11,14-18,31-33H2,1,4H3;6-7,9-10,15-26,30H,2-3,5,8,11-14,27-29H2,1,4H3. The summed E-state index contributed by atoms with van der Waals surface area (Å²) in [5.41, 5.74) is 22.2. The number of hydrogen-bond acceptors (Lipinski definition) is 10. The largest absolute Gasteiger partial charge is 0.463 e. The van der Waals surface area contributed by atoms with E-state index in [2.05, 4.69) is 246 Å². The average Bonchev–Trinajstić information content (AvgIpc) is 1.58. The molecule has 98 heavy (non-hydrogen) atoms. The van der Waals surface area contributed by atoms with Crippen molar-refractivity contribution in [2.75, 3.05) is 36.2 Å². The van der Waals surface area contributed by atoms with E-state index < -0.39 is 0 Å². The number of aryl methyl sites for hydroxylation is 4. The lowest BCUT2D eigenvalue weighted by Crippen LogP contribution is -2.21. The maximum absolute atomic E-state index is 11.4. The highest BCUT2D eigenvalue weighted by Crippen LogP contribution is 2.55. The van der Waals surface area contributed by atoms with E-state index in [1.54, 1.807) is 0 Å². The molecule has 0 saturated carbocycles. The number of nitrogens with zero attached hydrogens (tertiary/aromatic N) is 2. The minimum atomic E-state index is -0.388. The van der Waals surface area contributed by atoms with E-state index in [9.17, 15) is 19.2 Å². The van der Waals surface area contributed by atoms with Crippen molar-refractivity contribution in [2.24, 2.45) is 0 Å². The summed E-state index contributed by atoms with van der Waals surface area (Å²) in [4.78, 5) is 50.4. The summed E-state index contributed by atoms with van der Waals surface area (Å²) in [6, 6.07) is 66.5. The van der Waals surface area contributed by atoms with Crippen molar-refractivity contribution in [2.45, 2.75) is 154 Å². The zero-order valence-electron chi connectivity index (χ0n) is 58.2. The minimum Gasteiger partial charge on any atom is -0.463 e. The van der Waals surface area contributed by atoms with Crippen LogP contribution in [-0.2, 0) is 74.6 Å². The zero-order chi connectivity index (χ0) is 69.3. The van der Waals surface area contributed by atoms with E-state index in [4.69, 9.17) is 18.9 Å². The molecule has 8 aromatic carbocycles. The number of rotatable bonds is 36. The fourth-order valence-corrected chi connectivity index (χ4v) is 13.9. The Labute approximate surface area is 582 Å². The second-order valence-electron chi connectivity index (χ2n) is 26.1. The molecular weight excluding hydrogens is 1210 g/mol. The summed E-state index contributed by atoms with van der Waals surface area (Å²) in [7, 11) is 0. The van der Waals surface area contributed by atoms with E-state index in [0.29, 0.717) is 26.4 Å². The van der Waals surface area contributed by atoms with Crippen molar-refractivity contribution in [3.63, 3.8) is 0 Å². The zero-order valence-corrected chi connectivity index (χ0v) is 58.2. The van der Waals surface area contributed by atoms with Gasteiger partial charge < -0.3 is 28.7 Å². The summed E-state index contributed by atoms with van der Waals surface area (Å²) >= 11 is 0. The summed E-state index contributed by atoms with van der Waals surface area (Å²) in [6.07, 6.45) is 23.3. The fourth-order valence-electron chi connectivity index (χ4n) is 13.9. The second-order valence-corrected chi connectivity index (χ2v) is 26.1. The Balaban J connectivity index is 0.000000230. The van der Waals surface area contributed by atoms with E-state index in [1.165, 1.54) is 136 Å². The summed E-state index contributed by atoms with van der Waals surface area (Å²) in [5.74, 6) is -1.55. The van der Waals surface area contributed by atoms with Crippen molar-refractivity contribution < 1.29 is 38.1 Å². The maximum Gasteiger partial charge on any atom is 0.330 e. The maximum atomic E-state index is 11.4. The molecular formula is C88H98N2O8. The molecule has 8 aromatic rings. The first-order chi connectivity index (χ1) is 47.7. The van der Waals surface area contributed by atoms with Gasteiger partial charge in [0.1, 0.15) is 0 Å². The lowest BCUT2D eigenvalue weighted by atomic mass is 9.76. The Kier molecular flexibility index (Phi) is 26.6. The molecule has 0 amide bonds. The topological polar surface area (TPSA) is 112 Å². The van der Waals surface area contributed by atoms with Gasteiger partial charge in [-0.25, -0.2) is 19.2 Å². The summed E-state index contributed by atoms with van der Waals surface area (Å²) in [5, 5.41) is 0. The lowest BCUT2D eigenvalue weighted by Gasteiger charge is -2.30. The molecule has 0 fully saturated rings. The van der Waals surface area contributed by atoms with Crippen LogP contribution in [0.5, 0.6) is 0 Å². The van der Waals surface area contributed by atoms with Crippen LogP contribution in [0.1, 0.15) is 162 Å². The quantitative estimate of drug-likeness (QED) is 0.0163. The highest BCUT2D eigenvalue weighted by molar-refractivity contribution is 5.88. The average molecular weight is 1310 g/mol. The van der Waals surface area contributed by atoms with E-state index in [1.807, 2.05) is 0 Å². The number of anilines is 6. The first kappa shape index (κ1) is 72.5. The molecule has 0 spiro atoms. The Morgan fingerprint density at radius 2 is 0.602 bits per heavy atom. The Hall–Kier alpha value is -9.80. The van der Waals surface area contributed by atoms with E-state index in [-0.39, 0.29) is 34.7 Å². The smallest absolute Gasteiger partial charge is 0.330 e. The molecule has 0 saturated heterocycles. The van der Waals surface area contributed by atoms with Crippen LogP contribution in [-0.4, -0.2) is 50.3 Å². The lowest BCUT2D eigenvalue weighted by molar-refractivity contribution is -0.138. The van der Waals surface area contributed by atoms with Gasteiger partial charge in [-0.2, -0.15) is 0 Å². The SMILES string of the molecule is C=CC(=O)OCCCc1ccc(N(c2ccc(CCCOC(=O)C=C)cc2)c2ccc3c(c2)C(C)(CCCC)c2ccccc2-3)cc1.C=CC(=O)OCCCc1ccc(N(c2ccc(CCCOC(=O)C=C)cc2)c2ccc3c(c2)C(C)(CCCCCCCC)c2ccccc2-3)cc1. The molecule has 0 radical (unpaired) electrons. The van der Waals surface area contributed by atoms with Crippen LogP contribution < -0.4 is 9.80 Å². The second kappa shape index (κ2) is 36.0. The van der Waals surface area contributed by atoms with Crippen molar-refractivity contribution in [3.05, 3.63) is 277 Å². The number of benzene rings is 8. The number of carbonyl (C=O) groups excluding carboxylic acids is 4. The molecule has 10 heteroatoms. The molecule has 10 rings (SSSR count). The van der Waals surface area contributed by atoms with E-state index in [0.717, 1.165) is 105 Å². The Bertz CT molecular complexity index is 3860. The van der Waals surface area contributed by atoms with Crippen LogP contribution in [0.15, 0.2) is 233 Å². The Morgan fingerprint density at radius 3 is 0.918 bits per heavy atom. The van der Waals surface area contributed by atoms with Gasteiger partial charge in [-0.05, 0) is 204 Å². The number of carbonyl (C=O) groups is 4. The van der Waals surface area contributed by atoms with Gasteiger partial charge in [0.25, 0.3) is 0 Å². The van der Waals surface area contributed by atoms with Gasteiger partial charge in [0, 0.05) is 69.3 Å². The molecule has 0 N–H and O–H groups in total. The van der Waals surface area contributed by atoms with Crippen LogP contribution in [0.4, 0.5) is 34.1 Å². The fraction of sp³-hybridized carbons (Fsp3) is 0.318. The van der Waals surface area contributed by atoms with Crippen LogP contribution in [0.3, 0.4) is 0 Å². The number of esters is 4. The Morgan fingerprint density at radius 1 is 0.327 bits per heavy atom. The van der Waals surface area contributed by atoms with Crippen molar-refractivity contribution in [1.29, 1.82) is 0 Å². The molecule has 508 valence electrons. The summed E-state index contributed by atoms with van der Waals surface area (Å²) in [6.45, 7) is 24.7. The van der Waals surface area contributed by atoms with Crippen molar-refractivity contribution >= 4 is 58.0 Å². The number of ether oxygens (including phenoxy) is 4. The third-order valence-electron chi connectivity index (χ3n) is 19.3. The van der Waals surface area contributed by atoms with Crippen molar-refractivity contribution in [1.82, 2.24) is 0 Å². The predicted octanol–water partition coefficient (Wildman–Crippen LogP) is 21.5. The number of fused-ring (bicyclic) bond motifs is 6. The van der Waals surface area contributed by atoms with Crippen LogP contribution in [0.25, 0.3) is 22.3 Å². The van der Waals surface area contributed by atoms with Crippen LogP contribution in [0.2, 0.25) is 0 Å². The molecule has 2 atom stereocenters. The molecule has 2 aliphatic rings. The number of hydrogen-bond donors (Lipinski definition) is 0. The first-order valence-corrected chi connectivity index (χ1v) is 35.4. The first-order valence-electron chi connectivity index (χ1n) is 35.4. The van der Waals surface area contributed by atoms with Gasteiger partial charge >= 0.3 is 23.9 Å². The van der Waals surface area contributed by atoms with Crippen LogP contribution in [0, 0.1) is 0 Å². The van der Waals surface area contributed by atoms with Gasteiger partial charge in [-0.1, -0.05) is 215 Å². The highest BCUT2D eigenvalue weighted by Gasteiger charge is 2.41. The van der Waals surface area contributed by atoms with Gasteiger partial charge in [-0.15, -0.1) is 0 Å². The molecule has 0 bridgehead atoms. The van der Waals surface area contributed by atoms with Gasteiger partial charge in [-0.3, -0.25) is 0 Å². The highest BCUT2D eigenvalue weighted by atomic mass is 16.5. The normalized spacial score (nSPS) is 14.4. The molecule has 0 aromatic heterocycles. The van der Waals surface area contributed by atoms with Gasteiger partial charge in [0.15, 0.2) is 0 Å². The van der Waals surface area contributed by atoms with Gasteiger partial charge in [0.2, 0.25) is 0 Å². The molecule has 0 heterocycles. The third-order valence-corrected chi connectivity index (χ3v) is 19.3. The number of unbranched alkanes of at least 4 members (excludes halogenated alkanes) is 6. The molecule has 2 unspecified atom stereocenters. The van der Waals surface area contributed by atoms with Crippen molar-refractivity contribution in [3.8, 4) is 22.3 Å². The third kappa shape index (κ3) is 18.4.